The molecule has 0 aliphatic carbocycles. The van der Waals surface area contributed by atoms with Crippen molar-refractivity contribution in [3.63, 3.8) is 0 Å². The minimum absolute atomic E-state index is 0.0157. The van der Waals surface area contributed by atoms with E-state index in [0.29, 0.717) is 5.82 Å². The maximum atomic E-state index is 11.8. The second kappa shape index (κ2) is 5.07. The van der Waals surface area contributed by atoms with Crippen LogP contribution in [0.4, 0.5) is 5.69 Å². The third kappa shape index (κ3) is 2.89. The van der Waals surface area contributed by atoms with Crippen molar-refractivity contribution in [2.24, 2.45) is 5.73 Å². The number of carbonyl (C=O) groups excluding carboxylic acids is 2. The second-order valence-electron chi connectivity index (χ2n) is 3.76. The van der Waals surface area contributed by atoms with Crippen LogP contribution in [0.25, 0.3) is 0 Å². The average molecular weight is 280 g/mol. The van der Waals surface area contributed by atoms with Gasteiger partial charge < -0.3 is 11.1 Å². The first kappa shape index (κ1) is 13.0. The lowest BCUT2D eigenvalue weighted by Gasteiger charge is -2.06. The van der Waals surface area contributed by atoms with Gasteiger partial charge in [-0.05, 0) is 25.1 Å². The molecule has 0 bridgehead atoms. The molecule has 0 spiro atoms. The van der Waals surface area contributed by atoms with Gasteiger partial charge in [-0.15, -0.1) is 5.10 Å². The van der Waals surface area contributed by atoms with Gasteiger partial charge in [-0.2, -0.15) is 0 Å². The van der Waals surface area contributed by atoms with Gasteiger partial charge in [0.2, 0.25) is 11.7 Å². The van der Waals surface area contributed by atoms with E-state index in [2.05, 4.69) is 20.5 Å². The van der Waals surface area contributed by atoms with Crippen molar-refractivity contribution in [1.29, 1.82) is 0 Å². The molecule has 0 unspecified atom stereocenters. The Hall–Kier alpha value is -2.41. The zero-order chi connectivity index (χ0) is 14.0. The summed E-state index contributed by atoms with van der Waals surface area (Å²) in [6, 6.07) is 4.33. The van der Waals surface area contributed by atoms with E-state index in [-0.39, 0.29) is 22.1 Å². The monoisotopic (exact) mass is 279 g/mol. The van der Waals surface area contributed by atoms with Crippen LogP contribution in [0.5, 0.6) is 0 Å². The average Bonchev–Trinajstić information content (AvgIpc) is 2.78. The Morgan fingerprint density at radius 2 is 2.16 bits per heavy atom. The number of aromatic nitrogens is 3. The predicted octanol–water partition coefficient (Wildman–Crippen LogP) is 1.12. The van der Waals surface area contributed by atoms with Crippen molar-refractivity contribution in [2.45, 2.75) is 6.92 Å². The first-order chi connectivity index (χ1) is 8.97. The SMILES string of the molecule is Cc1nc(C(=O)Nc2cc(C(N)=O)ccc2Cl)n[nH]1. The van der Waals surface area contributed by atoms with Crippen LogP contribution in [0.1, 0.15) is 26.8 Å². The zero-order valence-electron chi connectivity index (χ0n) is 9.90. The van der Waals surface area contributed by atoms with Crippen molar-refractivity contribution < 1.29 is 9.59 Å². The first-order valence-corrected chi connectivity index (χ1v) is 5.65. The lowest BCUT2D eigenvalue weighted by molar-refractivity contribution is 0.0994. The molecule has 8 heteroatoms. The number of nitrogens with two attached hydrogens (primary N) is 1. The summed E-state index contributed by atoms with van der Waals surface area (Å²) < 4.78 is 0. The minimum Gasteiger partial charge on any atom is -0.366 e. The van der Waals surface area contributed by atoms with Crippen LogP contribution in [-0.4, -0.2) is 27.0 Å². The highest BCUT2D eigenvalue weighted by Crippen LogP contribution is 2.23. The van der Waals surface area contributed by atoms with E-state index >= 15 is 0 Å². The number of hydrogen-bond acceptors (Lipinski definition) is 4. The summed E-state index contributed by atoms with van der Waals surface area (Å²) >= 11 is 5.92. The number of halogens is 1. The van der Waals surface area contributed by atoms with Crippen molar-refractivity contribution in [2.75, 3.05) is 5.32 Å². The molecular formula is C11H10ClN5O2. The molecule has 1 aromatic carbocycles. The summed E-state index contributed by atoms with van der Waals surface area (Å²) in [6.45, 7) is 1.67. The standard InChI is InChI=1S/C11H10ClN5O2/c1-5-14-10(17-16-5)11(19)15-8-4-6(9(13)18)2-3-7(8)12/h2-4H,1H3,(H2,13,18)(H,15,19)(H,14,16,17). The molecule has 0 fully saturated rings. The van der Waals surface area contributed by atoms with Crippen LogP contribution in [0, 0.1) is 6.92 Å². The van der Waals surface area contributed by atoms with E-state index in [4.69, 9.17) is 17.3 Å². The molecule has 0 atom stereocenters. The molecular weight excluding hydrogens is 270 g/mol. The topological polar surface area (TPSA) is 114 Å². The Balaban J connectivity index is 2.25. The fourth-order valence-corrected chi connectivity index (χ4v) is 1.56. The molecule has 98 valence electrons. The van der Waals surface area contributed by atoms with Gasteiger partial charge >= 0.3 is 0 Å². The summed E-state index contributed by atoms with van der Waals surface area (Å²) in [6.07, 6.45) is 0. The van der Waals surface area contributed by atoms with Crippen LogP contribution in [0.3, 0.4) is 0 Å². The van der Waals surface area contributed by atoms with E-state index in [0.717, 1.165) is 0 Å². The van der Waals surface area contributed by atoms with Crippen molar-refractivity contribution >= 4 is 29.1 Å². The van der Waals surface area contributed by atoms with Gasteiger partial charge in [-0.25, -0.2) is 4.98 Å². The molecule has 2 rings (SSSR count). The molecule has 0 radical (unpaired) electrons. The van der Waals surface area contributed by atoms with Crippen LogP contribution in [0.2, 0.25) is 5.02 Å². The van der Waals surface area contributed by atoms with E-state index < -0.39 is 11.8 Å². The number of rotatable bonds is 3. The molecule has 19 heavy (non-hydrogen) atoms. The summed E-state index contributed by atoms with van der Waals surface area (Å²) in [5, 5.41) is 9.06. The van der Waals surface area contributed by atoms with Crippen molar-refractivity contribution in [3.05, 3.63) is 40.4 Å². The van der Waals surface area contributed by atoms with Gasteiger partial charge in [-0.1, -0.05) is 11.6 Å². The summed E-state index contributed by atoms with van der Waals surface area (Å²) in [5.41, 5.74) is 5.66. The fourth-order valence-electron chi connectivity index (χ4n) is 1.40. The number of nitrogens with one attached hydrogen (secondary N) is 2. The number of H-pyrrole nitrogens is 1. The Kier molecular flexibility index (Phi) is 3.48. The summed E-state index contributed by atoms with van der Waals surface area (Å²) in [5.74, 6) is -0.644. The quantitative estimate of drug-likeness (QED) is 0.781. The Bertz CT molecular complexity index is 652. The van der Waals surface area contributed by atoms with E-state index in [1.807, 2.05) is 0 Å². The Labute approximate surface area is 113 Å². The summed E-state index contributed by atoms with van der Waals surface area (Å²) in [4.78, 5) is 26.8. The van der Waals surface area contributed by atoms with E-state index in [1.165, 1.54) is 18.2 Å². The molecule has 2 aromatic rings. The van der Waals surface area contributed by atoms with Crippen LogP contribution in [0.15, 0.2) is 18.2 Å². The number of amides is 2. The number of hydrogen-bond donors (Lipinski definition) is 3. The number of aryl methyl sites for hydroxylation is 1. The number of primary amides is 1. The number of nitrogens with zero attached hydrogens (tertiary/aromatic N) is 2. The number of benzene rings is 1. The van der Waals surface area contributed by atoms with Crippen LogP contribution >= 0.6 is 11.6 Å². The maximum absolute atomic E-state index is 11.8. The number of anilines is 1. The zero-order valence-corrected chi connectivity index (χ0v) is 10.7. The lowest BCUT2D eigenvalue weighted by Crippen LogP contribution is -2.16. The molecule has 1 heterocycles. The minimum atomic E-state index is -0.610. The number of carbonyl (C=O) groups is 2. The lowest BCUT2D eigenvalue weighted by atomic mass is 10.2. The smallest absolute Gasteiger partial charge is 0.295 e. The summed E-state index contributed by atoms with van der Waals surface area (Å²) in [7, 11) is 0. The van der Waals surface area contributed by atoms with Crippen LogP contribution < -0.4 is 11.1 Å². The Morgan fingerprint density at radius 1 is 1.42 bits per heavy atom. The normalized spacial score (nSPS) is 10.2. The van der Waals surface area contributed by atoms with E-state index in [1.54, 1.807) is 6.92 Å². The number of aromatic amines is 1. The third-order valence-electron chi connectivity index (χ3n) is 2.30. The molecule has 0 saturated heterocycles. The van der Waals surface area contributed by atoms with Gasteiger partial charge in [0.1, 0.15) is 5.82 Å². The van der Waals surface area contributed by atoms with Crippen molar-refractivity contribution in [3.8, 4) is 0 Å². The first-order valence-electron chi connectivity index (χ1n) is 5.27. The molecule has 1 aromatic heterocycles. The molecule has 7 nitrogen and oxygen atoms in total. The van der Waals surface area contributed by atoms with E-state index in [9.17, 15) is 9.59 Å². The van der Waals surface area contributed by atoms with Gasteiger partial charge in [-0.3, -0.25) is 14.7 Å². The van der Waals surface area contributed by atoms with Gasteiger partial charge in [0, 0.05) is 5.56 Å². The van der Waals surface area contributed by atoms with Gasteiger partial charge in [0.25, 0.3) is 5.91 Å². The van der Waals surface area contributed by atoms with Gasteiger partial charge in [0.05, 0.1) is 10.7 Å². The second-order valence-corrected chi connectivity index (χ2v) is 4.16. The van der Waals surface area contributed by atoms with Crippen molar-refractivity contribution in [1.82, 2.24) is 15.2 Å². The Morgan fingerprint density at radius 3 is 2.74 bits per heavy atom. The van der Waals surface area contributed by atoms with Gasteiger partial charge in [0.15, 0.2) is 0 Å². The fraction of sp³-hybridized carbons (Fsp3) is 0.0909. The highest BCUT2D eigenvalue weighted by molar-refractivity contribution is 6.34. The van der Waals surface area contributed by atoms with Crippen LogP contribution in [-0.2, 0) is 0 Å². The molecule has 0 aliphatic heterocycles. The third-order valence-corrected chi connectivity index (χ3v) is 2.63. The molecule has 2 amide bonds. The molecule has 0 saturated carbocycles. The predicted molar refractivity (Wildman–Crippen MR) is 69.0 cm³/mol. The molecule has 4 N–H and O–H groups in total. The molecule has 0 aliphatic rings. The highest BCUT2D eigenvalue weighted by atomic mass is 35.5. The highest BCUT2D eigenvalue weighted by Gasteiger charge is 2.14. The largest absolute Gasteiger partial charge is 0.366 e. The maximum Gasteiger partial charge on any atom is 0.295 e.